The van der Waals surface area contributed by atoms with Crippen molar-refractivity contribution in [2.45, 2.75) is 25.5 Å². The summed E-state index contributed by atoms with van der Waals surface area (Å²) in [6.07, 6.45) is 2.76. The van der Waals surface area contributed by atoms with Gasteiger partial charge in [-0.05, 0) is 42.0 Å². The Morgan fingerprint density at radius 2 is 1.85 bits per heavy atom. The van der Waals surface area contributed by atoms with E-state index in [4.69, 9.17) is 9.47 Å². The van der Waals surface area contributed by atoms with Crippen LogP contribution in [0.3, 0.4) is 0 Å². The number of piperidine rings is 1. The predicted molar refractivity (Wildman–Crippen MR) is 125 cm³/mol. The van der Waals surface area contributed by atoms with E-state index in [0.717, 1.165) is 24.0 Å². The molecule has 1 saturated heterocycles. The molecule has 7 heteroatoms. The number of likely N-dealkylation sites (tertiary alicyclic amines) is 1. The summed E-state index contributed by atoms with van der Waals surface area (Å²) in [6, 6.07) is 20.6. The van der Waals surface area contributed by atoms with E-state index in [1.165, 1.54) is 0 Å². The fraction of sp³-hybridized carbons (Fsp3) is 0.308. The molecule has 4 rings (SSSR count). The SMILES string of the molecule is COc1cccc(Oc2ccc(CNC(=O)N3CCC(C(O)c4ccccc4)CC3)cn2)c1. The highest BCUT2D eigenvalue weighted by Crippen LogP contribution is 2.30. The quantitative estimate of drug-likeness (QED) is 0.556. The second-order valence-corrected chi connectivity index (χ2v) is 8.12. The largest absolute Gasteiger partial charge is 0.497 e. The molecule has 1 aromatic heterocycles. The van der Waals surface area contributed by atoms with Crippen molar-refractivity contribution in [2.24, 2.45) is 5.92 Å². The molecule has 0 radical (unpaired) electrons. The Balaban J connectivity index is 1.23. The fourth-order valence-electron chi connectivity index (χ4n) is 3.99. The second-order valence-electron chi connectivity index (χ2n) is 8.12. The van der Waals surface area contributed by atoms with Gasteiger partial charge in [-0.1, -0.05) is 42.5 Å². The number of carbonyl (C=O) groups is 1. The fourth-order valence-corrected chi connectivity index (χ4v) is 3.99. The molecule has 1 fully saturated rings. The first-order valence-corrected chi connectivity index (χ1v) is 11.1. The minimum Gasteiger partial charge on any atom is -0.497 e. The summed E-state index contributed by atoms with van der Waals surface area (Å²) in [7, 11) is 1.61. The van der Waals surface area contributed by atoms with Gasteiger partial charge >= 0.3 is 6.03 Å². The number of urea groups is 1. The van der Waals surface area contributed by atoms with Crippen LogP contribution in [0.25, 0.3) is 0 Å². The Bertz CT molecular complexity index is 1030. The van der Waals surface area contributed by atoms with Gasteiger partial charge in [-0.3, -0.25) is 0 Å². The van der Waals surface area contributed by atoms with Gasteiger partial charge in [0.2, 0.25) is 5.88 Å². The maximum absolute atomic E-state index is 12.6. The molecule has 1 aliphatic rings. The summed E-state index contributed by atoms with van der Waals surface area (Å²) >= 11 is 0. The summed E-state index contributed by atoms with van der Waals surface area (Å²) in [5.41, 5.74) is 1.82. The predicted octanol–water partition coefficient (Wildman–Crippen LogP) is 4.54. The van der Waals surface area contributed by atoms with E-state index in [-0.39, 0.29) is 11.9 Å². The summed E-state index contributed by atoms with van der Waals surface area (Å²) in [4.78, 5) is 18.7. The van der Waals surface area contributed by atoms with Crippen LogP contribution in [0.4, 0.5) is 4.79 Å². The van der Waals surface area contributed by atoms with Crippen LogP contribution in [0.5, 0.6) is 17.4 Å². The van der Waals surface area contributed by atoms with Gasteiger partial charge in [-0.2, -0.15) is 0 Å². The maximum Gasteiger partial charge on any atom is 0.317 e. The van der Waals surface area contributed by atoms with Crippen LogP contribution in [0.1, 0.15) is 30.1 Å². The number of aliphatic hydroxyl groups excluding tert-OH is 1. The molecule has 0 spiro atoms. The standard InChI is InChI=1S/C26H29N3O4/c1-32-22-8-5-9-23(16-22)33-24-11-10-19(17-27-24)18-28-26(31)29-14-12-21(13-15-29)25(30)20-6-3-2-4-7-20/h2-11,16-17,21,25,30H,12-15,18H2,1H3,(H,28,31). The lowest BCUT2D eigenvalue weighted by atomic mass is 9.87. The molecule has 1 unspecified atom stereocenters. The van der Waals surface area contributed by atoms with Crippen molar-refractivity contribution in [3.8, 4) is 17.4 Å². The van der Waals surface area contributed by atoms with Crippen molar-refractivity contribution in [3.63, 3.8) is 0 Å². The third kappa shape index (κ3) is 6.02. The van der Waals surface area contributed by atoms with Crippen molar-refractivity contribution < 1.29 is 19.4 Å². The number of amides is 2. The highest BCUT2D eigenvalue weighted by Gasteiger charge is 2.28. The number of benzene rings is 2. The number of rotatable bonds is 7. The molecule has 1 aliphatic heterocycles. The third-order valence-electron chi connectivity index (χ3n) is 5.92. The van der Waals surface area contributed by atoms with E-state index < -0.39 is 6.10 Å². The van der Waals surface area contributed by atoms with Crippen molar-refractivity contribution >= 4 is 6.03 Å². The summed E-state index contributed by atoms with van der Waals surface area (Å²) in [5.74, 6) is 1.99. The zero-order chi connectivity index (χ0) is 23.0. The Morgan fingerprint density at radius 3 is 2.55 bits per heavy atom. The van der Waals surface area contributed by atoms with E-state index in [1.54, 1.807) is 25.4 Å². The number of ether oxygens (including phenoxy) is 2. The minimum absolute atomic E-state index is 0.0978. The van der Waals surface area contributed by atoms with Crippen molar-refractivity contribution in [3.05, 3.63) is 84.1 Å². The van der Waals surface area contributed by atoms with Gasteiger partial charge in [0.15, 0.2) is 0 Å². The lowest BCUT2D eigenvalue weighted by Gasteiger charge is -2.34. The number of hydrogen-bond donors (Lipinski definition) is 2. The number of pyridine rings is 1. The monoisotopic (exact) mass is 447 g/mol. The van der Waals surface area contributed by atoms with Crippen LogP contribution in [-0.4, -0.2) is 41.2 Å². The number of carbonyl (C=O) groups excluding carboxylic acids is 1. The zero-order valence-electron chi connectivity index (χ0n) is 18.7. The summed E-state index contributed by atoms with van der Waals surface area (Å²) < 4.78 is 10.9. The van der Waals surface area contributed by atoms with Gasteiger partial charge < -0.3 is 24.8 Å². The van der Waals surface area contributed by atoms with Gasteiger partial charge in [-0.15, -0.1) is 0 Å². The second kappa shape index (κ2) is 10.8. The van der Waals surface area contributed by atoms with Gasteiger partial charge in [0, 0.05) is 38.0 Å². The van der Waals surface area contributed by atoms with Crippen molar-refractivity contribution in [2.75, 3.05) is 20.2 Å². The topological polar surface area (TPSA) is 83.9 Å². The molecule has 0 saturated carbocycles. The molecule has 2 N–H and O–H groups in total. The molecule has 0 bridgehead atoms. The van der Waals surface area contributed by atoms with Crippen LogP contribution in [0.2, 0.25) is 0 Å². The smallest absolute Gasteiger partial charge is 0.317 e. The first-order valence-electron chi connectivity index (χ1n) is 11.1. The van der Waals surface area contributed by atoms with E-state index in [9.17, 15) is 9.90 Å². The molecule has 3 aromatic rings. The average molecular weight is 448 g/mol. The first kappa shape index (κ1) is 22.6. The Morgan fingerprint density at radius 1 is 1.09 bits per heavy atom. The lowest BCUT2D eigenvalue weighted by molar-refractivity contribution is 0.0665. The highest BCUT2D eigenvalue weighted by molar-refractivity contribution is 5.74. The van der Waals surface area contributed by atoms with E-state index in [0.29, 0.717) is 37.0 Å². The van der Waals surface area contributed by atoms with Gasteiger partial charge in [0.25, 0.3) is 0 Å². The highest BCUT2D eigenvalue weighted by atomic mass is 16.5. The number of nitrogens with one attached hydrogen (secondary N) is 1. The molecule has 1 atom stereocenters. The average Bonchev–Trinajstić information content (AvgIpc) is 2.88. The van der Waals surface area contributed by atoms with E-state index in [2.05, 4.69) is 10.3 Å². The van der Waals surface area contributed by atoms with Gasteiger partial charge in [-0.25, -0.2) is 9.78 Å². The van der Waals surface area contributed by atoms with Crippen LogP contribution >= 0.6 is 0 Å². The molecule has 7 nitrogen and oxygen atoms in total. The Kier molecular flexibility index (Phi) is 7.42. The molecular weight excluding hydrogens is 418 g/mol. The number of methoxy groups -OCH3 is 1. The molecule has 2 aromatic carbocycles. The van der Waals surface area contributed by atoms with E-state index >= 15 is 0 Å². The van der Waals surface area contributed by atoms with E-state index in [1.807, 2.05) is 59.5 Å². The lowest BCUT2D eigenvalue weighted by Crippen LogP contribution is -2.44. The van der Waals surface area contributed by atoms with Crippen LogP contribution in [-0.2, 0) is 6.54 Å². The molecule has 2 heterocycles. The normalized spacial score (nSPS) is 15.0. The number of aliphatic hydroxyl groups is 1. The van der Waals surface area contributed by atoms with Crippen molar-refractivity contribution in [1.82, 2.24) is 15.2 Å². The first-order chi connectivity index (χ1) is 16.1. The van der Waals surface area contributed by atoms with Gasteiger partial charge in [0.05, 0.1) is 13.2 Å². The molecule has 172 valence electrons. The summed E-state index contributed by atoms with van der Waals surface area (Å²) in [6.45, 7) is 1.65. The molecule has 0 aliphatic carbocycles. The third-order valence-corrected chi connectivity index (χ3v) is 5.92. The van der Waals surface area contributed by atoms with Crippen molar-refractivity contribution in [1.29, 1.82) is 0 Å². The van der Waals surface area contributed by atoms with Crippen LogP contribution in [0, 0.1) is 5.92 Å². The van der Waals surface area contributed by atoms with Crippen LogP contribution < -0.4 is 14.8 Å². The molecular formula is C26H29N3O4. The molecule has 2 amide bonds. The Labute approximate surface area is 194 Å². The van der Waals surface area contributed by atoms with Crippen LogP contribution in [0.15, 0.2) is 72.9 Å². The minimum atomic E-state index is -0.486. The zero-order valence-corrected chi connectivity index (χ0v) is 18.7. The number of hydrogen-bond acceptors (Lipinski definition) is 5. The molecule has 33 heavy (non-hydrogen) atoms. The number of nitrogens with zero attached hydrogens (tertiary/aromatic N) is 2. The van der Waals surface area contributed by atoms with Gasteiger partial charge in [0.1, 0.15) is 11.5 Å². The maximum atomic E-state index is 12.6. The number of aromatic nitrogens is 1. The summed E-state index contributed by atoms with van der Waals surface area (Å²) in [5, 5.41) is 13.6. The Hall–Kier alpha value is -3.58.